The molecule has 1 heterocycles. The largest absolute Gasteiger partial charge is 0.430 e. The summed E-state index contributed by atoms with van der Waals surface area (Å²) >= 11 is 12.0. The third-order valence-corrected chi connectivity index (χ3v) is 5.46. The molecule has 1 N–H and O–H groups in total. The number of ether oxygens (including phenoxy) is 1. The summed E-state index contributed by atoms with van der Waals surface area (Å²) in [5, 5.41) is 3.24. The first-order valence-electron chi connectivity index (χ1n) is 7.87. The summed E-state index contributed by atoms with van der Waals surface area (Å²) in [7, 11) is 0. The highest BCUT2D eigenvalue weighted by molar-refractivity contribution is 6.38. The Hall–Kier alpha value is -1.73. The van der Waals surface area contributed by atoms with Gasteiger partial charge < -0.3 is 10.1 Å². The molecule has 9 heteroatoms. The highest BCUT2D eigenvalue weighted by atomic mass is 35.5. The molecule has 1 aromatic carbocycles. The summed E-state index contributed by atoms with van der Waals surface area (Å²) in [5.41, 5.74) is -0.789. The first-order valence-corrected chi connectivity index (χ1v) is 8.63. The van der Waals surface area contributed by atoms with Gasteiger partial charge in [-0.2, -0.15) is 13.2 Å². The van der Waals surface area contributed by atoms with Gasteiger partial charge in [0.15, 0.2) is 0 Å². The monoisotopic (exact) mass is 407 g/mol. The van der Waals surface area contributed by atoms with E-state index in [0.717, 1.165) is 0 Å². The molecule has 0 aromatic heterocycles. The molecule has 140 valence electrons. The Morgan fingerprint density at radius 3 is 2.42 bits per heavy atom. The van der Waals surface area contributed by atoms with Crippen molar-refractivity contribution in [3.63, 3.8) is 0 Å². The number of hydrogen-bond acceptors (Lipinski definition) is 3. The Labute approximate surface area is 157 Å². The standard InChI is InChI=1S/C17H14Cl2F3NO3/c18-10-1-2-11(12(19)7-10)13-14(26-8-24)16(23-15(13)25)5-3-9(4-6-16)17(20,21)22/h1-2,7-9H,3-6H2,(H,23,25). The molecule has 26 heavy (non-hydrogen) atoms. The predicted molar refractivity (Wildman–Crippen MR) is 89.4 cm³/mol. The maximum absolute atomic E-state index is 13.0. The second kappa shape index (κ2) is 6.78. The van der Waals surface area contributed by atoms with Crippen LogP contribution < -0.4 is 5.32 Å². The van der Waals surface area contributed by atoms with Gasteiger partial charge in [-0.05, 0) is 37.8 Å². The zero-order chi connectivity index (χ0) is 19.1. The highest BCUT2D eigenvalue weighted by Crippen LogP contribution is 2.48. The number of carbonyl (C=O) groups is 2. The Balaban J connectivity index is 2.02. The molecule has 1 amide bonds. The SMILES string of the molecule is O=COC1=C(c2ccc(Cl)cc2Cl)C(=O)NC12CCC(C(F)(F)F)CC2. The zero-order valence-electron chi connectivity index (χ0n) is 13.3. The average Bonchev–Trinajstić information content (AvgIpc) is 2.79. The molecule has 1 aliphatic carbocycles. The lowest BCUT2D eigenvalue weighted by Gasteiger charge is -2.38. The van der Waals surface area contributed by atoms with Crippen molar-refractivity contribution < 1.29 is 27.5 Å². The van der Waals surface area contributed by atoms with Crippen molar-refractivity contribution >= 4 is 41.2 Å². The fraction of sp³-hybridized carbons (Fsp3) is 0.412. The van der Waals surface area contributed by atoms with Crippen molar-refractivity contribution in [1.29, 1.82) is 0 Å². The molecule has 2 aliphatic rings. The van der Waals surface area contributed by atoms with Gasteiger partial charge in [0, 0.05) is 10.6 Å². The van der Waals surface area contributed by atoms with Gasteiger partial charge in [-0.1, -0.05) is 29.3 Å². The van der Waals surface area contributed by atoms with E-state index in [1.807, 2.05) is 0 Å². The van der Waals surface area contributed by atoms with Crippen LogP contribution in [0.2, 0.25) is 10.0 Å². The number of hydrogen-bond donors (Lipinski definition) is 1. The molecule has 1 aliphatic heterocycles. The lowest BCUT2D eigenvalue weighted by Crippen LogP contribution is -2.49. The van der Waals surface area contributed by atoms with Crippen molar-refractivity contribution in [2.45, 2.75) is 37.4 Å². The summed E-state index contributed by atoms with van der Waals surface area (Å²) in [6.07, 6.45) is -4.60. The maximum atomic E-state index is 13.0. The molecule has 0 atom stereocenters. The number of nitrogens with one attached hydrogen (secondary N) is 1. The van der Waals surface area contributed by atoms with Crippen LogP contribution in [0.25, 0.3) is 5.57 Å². The molecule has 4 nitrogen and oxygen atoms in total. The van der Waals surface area contributed by atoms with Gasteiger partial charge in [-0.3, -0.25) is 9.59 Å². The Bertz CT molecular complexity index is 784. The second-order valence-corrected chi connectivity index (χ2v) is 7.24. The lowest BCUT2D eigenvalue weighted by molar-refractivity contribution is -0.185. The molecule has 1 saturated carbocycles. The molecule has 3 rings (SSSR count). The predicted octanol–water partition coefficient (Wildman–Crippen LogP) is 4.50. The molecule has 0 unspecified atom stereocenters. The van der Waals surface area contributed by atoms with E-state index in [9.17, 15) is 22.8 Å². The van der Waals surface area contributed by atoms with Crippen molar-refractivity contribution in [3.05, 3.63) is 39.6 Å². The normalized spacial score (nSPS) is 26.2. The molecule has 0 radical (unpaired) electrons. The van der Waals surface area contributed by atoms with Gasteiger partial charge in [-0.25, -0.2) is 0 Å². The van der Waals surface area contributed by atoms with Crippen molar-refractivity contribution in [2.75, 3.05) is 0 Å². The second-order valence-electron chi connectivity index (χ2n) is 6.39. The van der Waals surface area contributed by atoms with E-state index in [1.165, 1.54) is 18.2 Å². The number of amides is 1. The van der Waals surface area contributed by atoms with Crippen LogP contribution in [0.4, 0.5) is 13.2 Å². The third-order valence-electron chi connectivity index (χ3n) is 4.91. The fourth-order valence-corrected chi connectivity index (χ4v) is 4.13. The van der Waals surface area contributed by atoms with Crippen LogP contribution in [0.5, 0.6) is 0 Å². The number of alkyl halides is 3. The molecular formula is C17H14Cl2F3NO3. The van der Waals surface area contributed by atoms with E-state index >= 15 is 0 Å². The molecule has 1 aromatic rings. The summed E-state index contributed by atoms with van der Waals surface area (Å²) in [6, 6.07) is 4.46. The zero-order valence-corrected chi connectivity index (χ0v) is 14.8. The van der Waals surface area contributed by atoms with Gasteiger partial charge in [0.05, 0.1) is 22.1 Å². The smallest absolute Gasteiger partial charge is 0.391 e. The summed E-state index contributed by atoms with van der Waals surface area (Å²) in [4.78, 5) is 23.6. The van der Waals surface area contributed by atoms with E-state index < -0.39 is 23.5 Å². The van der Waals surface area contributed by atoms with Crippen LogP contribution in [0.15, 0.2) is 24.0 Å². The maximum Gasteiger partial charge on any atom is 0.391 e. The van der Waals surface area contributed by atoms with Gasteiger partial charge >= 0.3 is 6.18 Å². The number of rotatable bonds is 3. The summed E-state index contributed by atoms with van der Waals surface area (Å²) < 4.78 is 43.9. The lowest BCUT2D eigenvalue weighted by atomic mass is 9.75. The fourth-order valence-electron chi connectivity index (χ4n) is 3.63. The van der Waals surface area contributed by atoms with Crippen LogP contribution >= 0.6 is 23.2 Å². The number of benzene rings is 1. The van der Waals surface area contributed by atoms with Gasteiger partial charge in [0.25, 0.3) is 12.4 Å². The summed E-state index contributed by atoms with van der Waals surface area (Å²) in [5.74, 6) is -1.97. The molecule has 0 bridgehead atoms. The van der Waals surface area contributed by atoms with Crippen molar-refractivity contribution in [3.8, 4) is 0 Å². The van der Waals surface area contributed by atoms with Crippen LogP contribution in [0.1, 0.15) is 31.2 Å². The minimum absolute atomic E-state index is 0.0147. The third kappa shape index (κ3) is 3.30. The van der Waals surface area contributed by atoms with Gasteiger partial charge in [-0.15, -0.1) is 0 Å². The minimum Gasteiger partial charge on any atom is -0.430 e. The van der Waals surface area contributed by atoms with E-state index in [1.54, 1.807) is 0 Å². The topological polar surface area (TPSA) is 55.4 Å². The minimum atomic E-state index is -4.29. The first-order chi connectivity index (χ1) is 12.2. The van der Waals surface area contributed by atoms with Crippen molar-refractivity contribution in [1.82, 2.24) is 5.32 Å². The van der Waals surface area contributed by atoms with Crippen molar-refractivity contribution in [2.24, 2.45) is 5.92 Å². The van der Waals surface area contributed by atoms with E-state index in [0.29, 0.717) is 10.6 Å². The molecular weight excluding hydrogens is 394 g/mol. The summed E-state index contributed by atoms with van der Waals surface area (Å²) in [6.45, 7) is 0.164. The van der Waals surface area contributed by atoms with E-state index in [2.05, 4.69) is 5.32 Å². The molecule has 1 spiro atoms. The Kier molecular flexibility index (Phi) is 4.96. The number of carbonyl (C=O) groups excluding carboxylic acids is 2. The van der Waals surface area contributed by atoms with E-state index in [-0.39, 0.29) is 48.5 Å². The van der Waals surface area contributed by atoms with Crippen LogP contribution in [0.3, 0.4) is 0 Å². The average molecular weight is 408 g/mol. The van der Waals surface area contributed by atoms with Crippen LogP contribution in [-0.2, 0) is 14.3 Å². The highest BCUT2D eigenvalue weighted by Gasteiger charge is 2.53. The van der Waals surface area contributed by atoms with Crippen LogP contribution in [0, 0.1) is 5.92 Å². The Morgan fingerprint density at radius 2 is 1.88 bits per heavy atom. The number of halogens is 5. The molecule has 0 saturated heterocycles. The van der Waals surface area contributed by atoms with Gasteiger partial charge in [0.2, 0.25) is 0 Å². The molecule has 1 fully saturated rings. The quantitative estimate of drug-likeness (QED) is 0.750. The van der Waals surface area contributed by atoms with Gasteiger partial charge in [0.1, 0.15) is 5.76 Å². The van der Waals surface area contributed by atoms with Crippen LogP contribution in [-0.4, -0.2) is 24.1 Å². The van der Waals surface area contributed by atoms with E-state index in [4.69, 9.17) is 27.9 Å². The first kappa shape index (κ1) is 19.0. The Morgan fingerprint density at radius 1 is 1.23 bits per heavy atom.